The average molecular weight is 191 g/mol. The molecule has 3 heteroatoms. The number of anilines is 1. The van der Waals surface area contributed by atoms with Crippen molar-refractivity contribution >= 4 is 11.7 Å². The van der Waals surface area contributed by atoms with Crippen molar-refractivity contribution in [3.63, 3.8) is 0 Å². The molecule has 1 aliphatic heterocycles. The number of hydrogen-bond donors (Lipinski definition) is 0. The van der Waals surface area contributed by atoms with Crippen LogP contribution in [0.25, 0.3) is 0 Å². The molecule has 0 N–H and O–H groups in total. The van der Waals surface area contributed by atoms with Gasteiger partial charge in [-0.3, -0.25) is 0 Å². The van der Waals surface area contributed by atoms with Crippen molar-refractivity contribution in [1.29, 1.82) is 0 Å². The Hall–Kier alpha value is -1.51. The summed E-state index contributed by atoms with van der Waals surface area (Å²) in [7, 11) is 1.43. The lowest BCUT2D eigenvalue weighted by molar-refractivity contribution is -0.139. The maximum atomic E-state index is 11.3. The van der Waals surface area contributed by atoms with Crippen molar-refractivity contribution in [2.45, 2.75) is 19.0 Å². The number of para-hydroxylation sites is 1. The van der Waals surface area contributed by atoms with Gasteiger partial charge in [0.1, 0.15) is 6.04 Å². The van der Waals surface area contributed by atoms with Gasteiger partial charge in [-0.2, -0.15) is 0 Å². The third-order valence-electron chi connectivity index (χ3n) is 2.60. The van der Waals surface area contributed by atoms with Crippen LogP contribution in [0.5, 0.6) is 0 Å². The monoisotopic (exact) mass is 191 g/mol. The lowest BCUT2D eigenvalue weighted by Gasteiger charge is -2.03. The molecule has 1 saturated heterocycles. The zero-order valence-electron chi connectivity index (χ0n) is 8.31. The van der Waals surface area contributed by atoms with E-state index >= 15 is 0 Å². The number of esters is 1. The summed E-state index contributed by atoms with van der Waals surface area (Å²) >= 11 is 0. The van der Waals surface area contributed by atoms with Crippen LogP contribution in [-0.2, 0) is 9.53 Å². The zero-order chi connectivity index (χ0) is 10.1. The number of hydrogen-bond acceptors (Lipinski definition) is 3. The van der Waals surface area contributed by atoms with E-state index in [1.54, 1.807) is 0 Å². The van der Waals surface area contributed by atoms with Crippen LogP contribution in [0, 0.1) is 0 Å². The molecule has 1 aromatic rings. The van der Waals surface area contributed by atoms with Gasteiger partial charge in [-0.05, 0) is 19.1 Å². The van der Waals surface area contributed by atoms with E-state index in [0.29, 0.717) is 0 Å². The number of benzene rings is 1. The highest BCUT2D eigenvalue weighted by Crippen LogP contribution is 2.35. The molecule has 1 aliphatic rings. The summed E-state index contributed by atoms with van der Waals surface area (Å²) in [6, 6.07) is 10.1. The lowest BCUT2D eigenvalue weighted by Crippen LogP contribution is -2.14. The third kappa shape index (κ3) is 1.35. The van der Waals surface area contributed by atoms with Crippen molar-refractivity contribution < 1.29 is 9.53 Å². The van der Waals surface area contributed by atoms with Crippen LogP contribution in [0.1, 0.15) is 6.92 Å². The van der Waals surface area contributed by atoms with Gasteiger partial charge in [0, 0.05) is 5.69 Å². The second-order valence-corrected chi connectivity index (χ2v) is 3.45. The first kappa shape index (κ1) is 9.06. The standard InChI is InChI=1S/C11H13NO2/c1-8-10(11(13)14-2)12(8)9-6-4-3-5-7-9/h3-8,10H,1-2H3. The van der Waals surface area contributed by atoms with Gasteiger partial charge < -0.3 is 9.64 Å². The molecule has 0 amide bonds. The average Bonchev–Trinajstić information content (AvgIpc) is 2.90. The van der Waals surface area contributed by atoms with Gasteiger partial charge in [0.2, 0.25) is 0 Å². The van der Waals surface area contributed by atoms with E-state index < -0.39 is 0 Å². The van der Waals surface area contributed by atoms with Crippen LogP contribution in [0.3, 0.4) is 0 Å². The summed E-state index contributed by atoms with van der Waals surface area (Å²) in [6.45, 7) is 2.02. The second-order valence-electron chi connectivity index (χ2n) is 3.45. The normalized spacial score (nSPS) is 24.6. The fourth-order valence-electron chi connectivity index (χ4n) is 1.78. The van der Waals surface area contributed by atoms with E-state index in [2.05, 4.69) is 0 Å². The molecule has 0 saturated carbocycles. The van der Waals surface area contributed by atoms with E-state index in [0.717, 1.165) is 5.69 Å². The van der Waals surface area contributed by atoms with E-state index in [9.17, 15) is 4.79 Å². The Morgan fingerprint density at radius 1 is 1.36 bits per heavy atom. The number of carbonyl (C=O) groups excluding carboxylic acids is 1. The van der Waals surface area contributed by atoms with Gasteiger partial charge in [0.05, 0.1) is 13.2 Å². The highest BCUT2D eigenvalue weighted by molar-refractivity contribution is 5.87. The van der Waals surface area contributed by atoms with Crippen LogP contribution in [0.2, 0.25) is 0 Å². The van der Waals surface area contributed by atoms with Gasteiger partial charge in [-0.15, -0.1) is 0 Å². The fourth-order valence-corrected chi connectivity index (χ4v) is 1.78. The molecular formula is C11H13NO2. The van der Waals surface area contributed by atoms with Gasteiger partial charge in [0.15, 0.2) is 0 Å². The second kappa shape index (κ2) is 3.33. The zero-order valence-corrected chi connectivity index (χ0v) is 8.31. The molecule has 0 bridgehead atoms. The van der Waals surface area contributed by atoms with Crippen molar-refractivity contribution in [1.82, 2.24) is 0 Å². The molecular weight excluding hydrogens is 178 g/mol. The Balaban J connectivity index is 2.13. The smallest absolute Gasteiger partial charge is 0.330 e. The maximum absolute atomic E-state index is 11.3. The van der Waals surface area contributed by atoms with Gasteiger partial charge in [-0.25, -0.2) is 4.79 Å². The Morgan fingerprint density at radius 3 is 2.57 bits per heavy atom. The van der Waals surface area contributed by atoms with Crippen LogP contribution >= 0.6 is 0 Å². The number of ether oxygens (including phenoxy) is 1. The van der Waals surface area contributed by atoms with Gasteiger partial charge in [0.25, 0.3) is 0 Å². The molecule has 14 heavy (non-hydrogen) atoms. The molecule has 1 heterocycles. The Morgan fingerprint density at radius 2 is 2.00 bits per heavy atom. The molecule has 2 atom stereocenters. The maximum Gasteiger partial charge on any atom is 0.330 e. The molecule has 0 aliphatic carbocycles. The number of carbonyl (C=O) groups is 1. The van der Waals surface area contributed by atoms with Crippen molar-refractivity contribution in [3.8, 4) is 0 Å². The predicted octanol–water partition coefficient (Wildman–Crippen LogP) is 1.44. The molecule has 3 nitrogen and oxygen atoms in total. The summed E-state index contributed by atoms with van der Waals surface area (Å²) in [6.07, 6.45) is 0. The van der Waals surface area contributed by atoms with E-state index in [1.807, 2.05) is 42.2 Å². The molecule has 1 aromatic carbocycles. The quantitative estimate of drug-likeness (QED) is 0.523. The van der Waals surface area contributed by atoms with E-state index in [1.165, 1.54) is 7.11 Å². The highest BCUT2D eigenvalue weighted by atomic mass is 16.5. The van der Waals surface area contributed by atoms with Crippen LogP contribution < -0.4 is 4.90 Å². The van der Waals surface area contributed by atoms with E-state index in [4.69, 9.17) is 4.74 Å². The van der Waals surface area contributed by atoms with Gasteiger partial charge >= 0.3 is 5.97 Å². The Labute approximate surface area is 83.3 Å². The topological polar surface area (TPSA) is 29.3 Å². The van der Waals surface area contributed by atoms with Crippen LogP contribution in [-0.4, -0.2) is 25.2 Å². The van der Waals surface area contributed by atoms with Crippen molar-refractivity contribution in [2.24, 2.45) is 0 Å². The molecule has 1 fully saturated rings. The minimum absolute atomic E-state index is 0.0950. The minimum Gasteiger partial charge on any atom is -0.467 e. The van der Waals surface area contributed by atoms with Gasteiger partial charge in [-0.1, -0.05) is 18.2 Å². The largest absolute Gasteiger partial charge is 0.467 e. The Kier molecular flexibility index (Phi) is 2.15. The van der Waals surface area contributed by atoms with Crippen molar-refractivity contribution in [2.75, 3.05) is 12.0 Å². The molecule has 0 spiro atoms. The first-order chi connectivity index (χ1) is 6.75. The summed E-state index contributed by atoms with van der Waals surface area (Å²) in [5, 5.41) is 0. The number of methoxy groups -OCH3 is 1. The fraction of sp³-hybridized carbons (Fsp3) is 0.364. The molecule has 0 aromatic heterocycles. The number of rotatable bonds is 2. The molecule has 2 rings (SSSR count). The lowest BCUT2D eigenvalue weighted by atomic mass is 10.3. The molecule has 2 unspecified atom stereocenters. The minimum atomic E-state index is -0.152. The number of nitrogens with zero attached hydrogens (tertiary/aromatic N) is 1. The van der Waals surface area contributed by atoms with Crippen LogP contribution in [0.15, 0.2) is 30.3 Å². The summed E-state index contributed by atoms with van der Waals surface area (Å²) in [5.74, 6) is -0.152. The van der Waals surface area contributed by atoms with Crippen LogP contribution in [0.4, 0.5) is 5.69 Å². The summed E-state index contributed by atoms with van der Waals surface area (Å²) in [4.78, 5) is 13.4. The van der Waals surface area contributed by atoms with E-state index in [-0.39, 0.29) is 18.1 Å². The summed E-state index contributed by atoms with van der Waals surface area (Å²) in [5.41, 5.74) is 1.08. The molecule has 0 radical (unpaired) electrons. The predicted molar refractivity (Wildman–Crippen MR) is 54.2 cm³/mol. The first-order valence-electron chi connectivity index (χ1n) is 4.67. The highest BCUT2D eigenvalue weighted by Gasteiger charge is 2.50. The summed E-state index contributed by atoms with van der Waals surface area (Å²) < 4.78 is 4.72. The first-order valence-corrected chi connectivity index (χ1v) is 4.67. The van der Waals surface area contributed by atoms with Crippen molar-refractivity contribution in [3.05, 3.63) is 30.3 Å². The third-order valence-corrected chi connectivity index (χ3v) is 2.60. The molecule has 74 valence electrons. The Bertz CT molecular complexity index is 336. The SMILES string of the molecule is COC(=O)C1C(C)N1c1ccccc1.